The SMILES string of the molecule is CCCNC(=O)C(C)Nc1cccc(F)c1. The first-order valence-electron chi connectivity index (χ1n) is 5.43. The maximum atomic E-state index is 12.9. The van der Waals surface area contributed by atoms with Crippen LogP contribution in [-0.2, 0) is 4.79 Å². The Morgan fingerprint density at radius 3 is 2.88 bits per heavy atom. The molecule has 0 spiro atoms. The van der Waals surface area contributed by atoms with Gasteiger partial charge in [0.1, 0.15) is 11.9 Å². The number of carbonyl (C=O) groups excluding carboxylic acids is 1. The van der Waals surface area contributed by atoms with Crippen LogP contribution >= 0.6 is 0 Å². The fraction of sp³-hybridized carbons (Fsp3) is 0.417. The Balaban J connectivity index is 2.50. The minimum atomic E-state index is -0.367. The standard InChI is InChI=1S/C12H17FN2O/c1-3-7-14-12(16)9(2)15-11-6-4-5-10(13)8-11/h4-6,8-9,15H,3,7H2,1-2H3,(H,14,16). The van der Waals surface area contributed by atoms with Gasteiger partial charge in [0.05, 0.1) is 0 Å². The van der Waals surface area contributed by atoms with Gasteiger partial charge in [0.2, 0.25) is 5.91 Å². The average Bonchev–Trinajstić information content (AvgIpc) is 2.25. The van der Waals surface area contributed by atoms with Crippen molar-refractivity contribution in [2.45, 2.75) is 26.3 Å². The van der Waals surface area contributed by atoms with Crippen LogP contribution in [-0.4, -0.2) is 18.5 Å². The zero-order valence-corrected chi connectivity index (χ0v) is 9.59. The number of rotatable bonds is 5. The molecule has 0 aliphatic carbocycles. The first kappa shape index (κ1) is 12.5. The van der Waals surface area contributed by atoms with Crippen molar-refractivity contribution in [1.82, 2.24) is 5.32 Å². The summed E-state index contributed by atoms with van der Waals surface area (Å²) in [4.78, 5) is 11.5. The molecule has 0 aliphatic rings. The van der Waals surface area contributed by atoms with Gasteiger partial charge >= 0.3 is 0 Å². The highest BCUT2D eigenvalue weighted by Gasteiger charge is 2.11. The highest BCUT2D eigenvalue weighted by Crippen LogP contribution is 2.10. The van der Waals surface area contributed by atoms with Gasteiger partial charge in [-0.15, -0.1) is 0 Å². The summed E-state index contributed by atoms with van der Waals surface area (Å²) >= 11 is 0. The predicted octanol–water partition coefficient (Wildman–Crippen LogP) is 2.15. The summed E-state index contributed by atoms with van der Waals surface area (Å²) < 4.78 is 12.9. The minimum absolute atomic E-state index is 0.0777. The van der Waals surface area contributed by atoms with Crippen LogP contribution in [0, 0.1) is 5.82 Å². The molecule has 1 atom stereocenters. The zero-order valence-electron chi connectivity index (χ0n) is 9.59. The second-order valence-electron chi connectivity index (χ2n) is 3.67. The summed E-state index contributed by atoms with van der Waals surface area (Å²) in [5.74, 6) is -0.391. The normalized spacial score (nSPS) is 11.9. The molecule has 0 aliphatic heterocycles. The van der Waals surface area contributed by atoms with Gasteiger partial charge < -0.3 is 10.6 Å². The number of hydrogen-bond donors (Lipinski definition) is 2. The van der Waals surface area contributed by atoms with Crippen LogP contribution in [0.3, 0.4) is 0 Å². The molecular weight excluding hydrogens is 207 g/mol. The van der Waals surface area contributed by atoms with Crippen molar-refractivity contribution in [3.63, 3.8) is 0 Å². The molecule has 0 radical (unpaired) electrons. The number of anilines is 1. The Bertz CT molecular complexity index is 355. The van der Waals surface area contributed by atoms with Crippen molar-refractivity contribution < 1.29 is 9.18 Å². The molecule has 1 aromatic rings. The van der Waals surface area contributed by atoms with E-state index in [1.54, 1.807) is 19.1 Å². The lowest BCUT2D eigenvalue weighted by Gasteiger charge is -2.14. The molecule has 1 amide bonds. The molecule has 2 N–H and O–H groups in total. The van der Waals surface area contributed by atoms with Crippen LogP contribution in [0.1, 0.15) is 20.3 Å². The molecule has 16 heavy (non-hydrogen) atoms. The van der Waals surface area contributed by atoms with Gasteiger partial charge in [-0.25, -0.2) is 4.39 Å². The molecule has 0 heterocycles. The van der Waals surface area contributed by atoms with Crippen LogP contribution in [0.4, 0.5) is 10.1 Å². The second kappa shape index (κ2) is 6.10. The number of carbonyl (C=O) groups is 1. The van der Waals surface area contributed by atoms with Gasteiger partial charge in [-0.05, 0) is 31.5 Å². The van der Waals surface area contributed by atoms with Crippen molar-refractivity contribution in [2.75, 3.05) is 11.9 Å². The fourth-order valence-electron chi connectivity index (χ4n) is 1.30. The molecule has 0 aromatic heterocycles. The molecule has 0 bridgehead atoms. The Hall–Kier alpha value is -1.58. The van der Waals surface area contributed by atoms with Gasteiger partial charge in [0.15, 0.2) is 0 Å². The molecule has 1 aromatic carbocycles. The van der Waals surface area contributed by atoms with E-state index in [0.29, 0.717) is 12.2 Å². The number of amides is 1. The highest BCUT2D eigenvalue weighted by atomic mass is 19.1. The first-order valence-corrected chi connectivity index (χ1v) is 5.43. The van der Waals surface area contributed by atoms with Crippen LogP contribution in [0.25, 0.3) is 0 Å². The summed E-state index contributed by atoms with van der Waals surface area (Å²) in [6.07, 6.45) is 0.901. The van der Waals surface area contributed by atoms with E-state index in [0.717, 1.165) is 6.42 Å². The molecule has 0 fully saturated rings. The molecule has 1 unspecified atom stereocenters. The van der Waals surface area contributed by atoms with E-state index in [2.05, 4.69) is 10.6 Å². The second-order valence-corrected chi connectivity index (χ2v) is 3.67. The molecule has 1 rings (SSSR count). The molecule has 3 nitrogen and oxygen atoms in total. The third-order valence-corrected chi connectivity index (χ3v) is 2.15. The minimum Gasteiger partial charge on any atom is -0.374 e. The topological polar surface area (TPSA) is 41.1 Å². The summed E-state index contributed by atoms with van der Waals surface area (Å²) in [6, 6.07) is 5.70. The quantitative estimate of drug-likeness (QED) is 0.804. The smallest absolute Gasteiger partial charge is 0.242 e. The molecule has 4 heteroatoms. The summed E-state index contributed by atoms with van der Waals surface area (Å²) in [5, 5.41) is 5.71. The lowest BCUT2D eigenvalue weighted by atomic mass is 10.2. The maximum absolute atomic E-state index is 12.9. The molecule has 0 saturated carbocycles. The Labute approximate surface area is 95.0 Å². The van der Waals surface area contributed by atoms with Crippen LogP contribution in [0.15, 0.2) is 24.3 Å². The van der Waals surface area contributed by atoms with E-state index in [4.69, 9.17) is 0 Å². The number of benzene rings is 1. The van der Waals surface area contributed by atoms with Crippen LogP contribution in [0.5, 0.6) is 0 Å². The largest absolute Gasteiger partial charge is 0.374 e. The number of halogens is 1. The number of nitrogens with one attached hydrogen (secondary N) is 2. The zero-order chi connectivity index (χ0) is 12.0. The van der Waals surface area contributed by atoms with E-state index < -0.39 is 0 Å². The third-order valence-electron chi connectivity index (χ3n) is 2.15. The van der Waals surface area contributed by atoms with E-state index in [1.807, 2.05) is 6.92 Å². The molecule has 88 valence electrons. The first-order chi connectivity index (χ1) is 7.63. The van der Waals surface area contributed by atoms with Gasteiger partial charge in [-0.1, -0.05) is 13.0 Å². The van der Waals surface area contributed by atoms with Gasteiger partial charge in [0, 0.05) is 12.2 Å². The van der Waals surface area contributed by atoms with E-state index in [1.165, 1.54) is 12.1 Å². The summed E-state index contributed by atoms with van der Waals surface area (Å²) in [5.41, 5.74) is 0.610. The Morgan fingerprint density at radius 1 is 1.50 bits per heavy atom. The third kappa shape index (κ3) is 3.88. The summed E-state index contributed by atoms with van der Waals surface area (Å²) in [6.45, 7) is 4.40. The highest BCUT2D eigenvalue weighted by molar-refractivity contribution is 5.84. The predicted molar refractivity (Wildman–Crippen MR) is 62.8 cm³/mol. The van der Waals surface area contributed by atoms with Gasteiger partial charge in [-0.3, -0.25) is 4.79 Å². The molecular formula is C12H17FN2O. The average molecular weight is 224 g/mol. The van der Waals surface area contributed by atoms with Crippen molar-refractivity contribution in [3.8, 4) is 0 Å². The lowest BCUT2D eigenvalue weighted by Crippen LogP contribution is -2.37. The van der Waals surface area contributed by atoms with Gasteiger partial charge in [-0.2, -0.15) is 0 Å². The maximum Gasteiger partial charge on any atom is 0.242 e. The van der Waals surface area contributed by atoms with Crippen LogP contribution in [0.2, 0.25) is 0 Å². The molecule has 0 saturated heterocycles. The van der Waals surface area contributed by atoms with E-state index in [9.17, 15) is 9.18 Å². The Kier molecular flexibility index (Phi) is 4.76. The van der Waals surface area contributed by atoms with Crippen LogP contribution < -0.4 is 10.6 Å². The van der Waals surface area contributed by atoms with E-state index >= 15 is 0 Å². The van der Waals surface area contributed by atoms with Crippen molar-refractivity contribution in [2.24, 2.45) is 0 Å². The van der Waals surface area contributed by atoms with E-state index in [-0.39, 0.29) is 17.8 Å². The number of hydrogen-bond acceptors (Lipinski definition) is 2. The van der Waals surface area contributed by atoms with Gasteiger partial charge in [0.25, 0.3) is 0 Å². The summed E-state index contributed by atoms with van der Waals surface area (Å²) in [7, 11) is 0. The Morgan fingerprint density at radius 2 is 2.25 bits per heavy atom. The van der Waals surface area contributed by atoms with Crippen molar-refractivity contribution >= 4 is 11.6 Å². The van der Waals surface area contributed by atoms with Crippen molar-refractivity contribution in [3.05, 3.63) is 30.1 Å². The fourth-order valence-corrected chi connectivity index (χ4v) is 1.30. The lowest BCUT2D eigenvalue weighted by molar-refractivity contribution is -0.121. The van der Waals surface area contributed by atoms with Crippen molar-refractivity contribution in [1.29, 1.82) is 0 Å². The monoisotopic (exact) mass is 224 g/mol.